The molecule has 2 aromatic rings. The number of hydrogen-bond donors (Lipinski definition) is 2. The van der Waals surface area contributed by atoms with E-state index in [9.17, 15) is 28.4 Å². The molecule has 0 spiro atoms. The van der Waals surface area contributed by atoms with Crippen LogP contribution >= 0.6 is 0 Å². The lowest BCUT2D eigenvalue weighted by atomic mass is 10.0. The molecule has 146 valence electrons. The van der Waals surface area contributed by atoms with Crippen LogP contribution in [0.1, 0.15) is 43.9 Å². The van der Waals surface area contributed by atoms with Gasteiger partial charge in [-0.1, -0.05) is 0 Å². The molecule has 2 heterocycles. The maximum Gasteiger partial charge on any atom is 0.266 e. The molecule has 0 bridgehead atoms. The van der Waals surface area contributed by atoms with Crippen molar-refractivity contribution in [1.29, 1.82) is 0 Å². The number of carbonyl (C=O) groups is 5. The summed E-state index contributed by atoms with van der Waals surface area (Å²) in [6.07, 6.45) is 0.289. The number of rotatable bonds is 3. The summed E-state index contributed by atoms with van der Waals surface area (Å²) in [5, 5.41) is 4.66. The predicted molar refractivity (Wildman–Crippen MR) is 97.6 cm³/mol. The Kier molecular flexibility index (Phi) is 4.42. The maximum atomic E-state index is 13.1. The molecule has 4 rings (SSSR count). The van der Waals surface area contributed by atoms with Crippen molar-refractivity contribution in [3.8, 4) is 0 Å². The first kappa shape index (κ1) is 18.5. The van der Waals surface area contributed by atoms with E-state index in [1.165, 1.54) is 30.3 Å². The van der Waals surface area contributed by atoms with Gasteiger partial charge in [-0.25, -0.2) is 9.29 Å². The van der Waals surface area contributed by atoms with E-state index < -0.39 is 41.4 Å². The number of benzene rings is 2. The second-order valence-electron chi connectivity index (χ2n) is 6.66. The summed E-state index contributed by atoms with van der Waals surface area (Å²) in [4.78, 5) is 61.7. The predicted octanol–water partition coefficient (Wildman–Crippen LogP) is 1.16. The highest BCUT2D eigenvalue weighted by molar-refractivity contribution is 6.34. The third-order valence-corrected chi connectivity index (χ3v) is 4.78. The molecule has 0 radical (unpaired) electrons. The van der Waals surface area contributed by atoms with Crippen molar-refractivity contribution >= 4 is 35.2 Å². The number of halogens is 1. The van der Waals surface area contributed by atoms with Gasteiger partial charge in [-0.15, -0.1) is 0 Å². The van der Waals surface area contributed by atoms with Gasteiger partial charge in [-0.3, -0.25) is 29.3 Å². The van der Waals surface area contributed by atoms with E-state index in [0.29, 0.717) is 0 Å². The molecule has 8 nitrogen and oxygen atoms in total. The fourth-order valence-electron chi connectivity index (χ4n) is 3.28. The number of anilines is 1. The molecule has 1 saturated heterocycles. The minimum atomic E-state index is -0.860. The first-order chi connectivity index (χ1) is 13.8. The Bertz CT molecular complexity index is 1080. The lowest BCUT2D eigenvalue weighted by Crippen LogP contribution is -2.52. The third kappa shape index (κ3) is 3.27. The standard InChI is InChI=1S/C20H14FN3O5/c21-11-2-4-12(5-3-11)24-19(28)13-6-1-10(9-14(13)20(24)29)17(26)22-15-7-8-16(25)23-18(15)27/h1-6,9,15H,7-8H2,(H,22,26)(H,23,25,27). The van der Waals surface area contributed by atoms with Gasteiger partial charge in [0.2, 0.25) is 11.8 Å². The molecular weight excluding hydrogens is 381 g/mol. The zero-order valence-electron chi connectivity index (χ0n) is 14.9. The normalized spacial score (nSPS) is 18.5. The third-order valence-electron chi connectivity index (χ3n) is 4.78. The Labute approximate surface area is 163 Å². The molecule has 1 fully saturated rings. The molecule has 2 aliphatic heterocycles. The van der Waals surface area contributed by atoms with Gasteiger partial charge in [0, 0.05) is 12.0 Å². The SMILES string of the molecule is O=C1CCC(NC(=O)c2ccc3c(c2)C(=O)N(c2ccc(F)cc2)C3=O)C(=O)N1. The summed E-state index contributed by atoms with van der Waals surface area (Å²) in [7, 11) is 0. The van der Waals surface area contributed by atoms with Crippen LogP contribution in [0.3, 0.4) is 0 Å². The first-order valence-electron chi connectivity index (χ1n) is 8.78. The molecule has 0 aromatic heterocycles. The summed E-state index contributed by atoms with van der Waals surface area (Å²) in [6, 6.07) is 8.05. The first-order valence-corrected chi connectivity index (χ1v) is 8.78. The molecule has 0 aliphatic carbocycles. The van der Waals surface area contributed by atoms with Crippen LogP contribution in [0.4, 0.5) is 10.1 Å². The number of hydrogen-bond acceptors (Lipinski definition) is 5. The fourth-order valence-corrected chi connectivity index (χ4v) is 3.28. The number of nitrogens with one attached hydrogen (secondary N) is 2. The van der Waals surface area contributed by atoms with Gasteiger partial charge >= 0.3 is 0 Å². The Balaban J connectivity index is 1.57. The topological polar surface area (TPSA) is 113 Å². The lowest BCUT2D eigenvalue weighted by Gasteiger charge is -2.21. The zero-order valence-corrected chi connectivity index (χ0v) is 14.9. The molecule has 1 atom stereocenters. The number of imide groups is 2. The molecule has 2 aromatic carbocycles. The average molecular weight is 395 g/mol. The van der Waals surface area contributed by atoms with Crippen molar-refractivity contribution in [1.82, 2.24) is 10.6 Å². The Hall–Kier alpha value is -3.88. The number of piperidine rings is 1. The highest BCUT2D eigenvalue weighted by atomic mass is 19.1. The van der Waals surface area contributed by atoms with E-state index in [1.54, 1.807) is 0 Å². The lowest BCUT2D eigenvalue weighted by molar-refractivity contribution is -0.134. The minimum Gasteiger partial charge on any atom is -0.340 e. The summed E-state index contributed by atoms with van der Waals surface area (Å²) < 4.78 is 13.1. The van der Waals surface area contributed by atoms with Crippen LogP contribution in [0.25, 0.3) is 0 Å². The van der Waals surface area contributed by atoms with Gasteiger partial charge in [-0.2, -0.15) is 0 Å². The van der Waals surface area contributed by atoms with Gasteiger partial charge in [0.05, 0.1) is 16.8 Å². The maximum absolute atomic E-state index is 13.1. The molecule has 29 heavy (non-hydrogen) atoms. The van der Waals surface area contributed by atoms with Gasteiger partial charge in [0.25, 0.3) is 17.7 Å². The number of fused-ring (bicyclic) bond motifs is 1. The van der Waals surface area contributed by atoms with Crippen LogP contribution in [0.15, 0.2) is 42.5 Å². The molecule has 2 aliphatic rings. The van der Waals surface area contributed by atoms with Crippen LogP contribution in [0.2, 0.25) is 0 Å². The van der Waals surface area contributed by atoms with E-state index in [1.807, 2.05) is 0 Å². The van der Waals surface area contributed by atoms with Gasteiger partial charge < -0.3 is 5.32 Å². The second-order valence-corrected chi connectivity index (χ2v) is 6.66. The number of carbonyl (C=O) groups excluding carboxylic acids is 5. The molecule has 2 N–H and O–H groups in total. The summed E-state index contributed by atoms with van der Waals surface area (Å²) in [5.74, 6) is -3.31. The van der Waals surface area contributed by atoms with Crippen molar-refractivity contribution in [2.75, 3.05) is 4.90 Å². The summed E-state index contributed by atoms with van der Waals surface area (Å²) >= 11 is 0. The largest absolute Gasteiger partial charge is 0.340 e. The fraction of sp³-hybridized carbons (Fsp3) is 0.150. The summed E-state index contributed by atoms with van der Waals surface area (Å²) in [5.41, 5.74) is 0.467. The number of amides is 5. The average Bonchev–Trinajstić information content (AvgIpc) is 2.95. The highest BCUT2D eigenvalue weighted by Gasteiger charge is 2.37. The highest BCUT2D eigenvalue weighted by Crippen LogP contribution is 2.29. The zero-order chi connectivity index (χ0) is 20.7. The van der Waals surface area contributed by atoms with Crippen molar-refractivity contribution < 1.29 is 28.4 Å². The van der Waals surface area contributed by atoms with Crippen molar-refractivity contribution in [3.05, 3.63) is 65.0 Å². The van der Waals surface area contributed by atoms with E-state index >= 15 is 0 Å². The van der Waals surface area contributed by atoms with Gasteiger partial charge in [0.15, 0.2) is 0 Å². The van der Waals surface area contributed by atoms with E-state index in [-0.39, 0.29) is 35.2 Å². The van der Waals surface area contributed by atoms with Crippen molar-refractivity contribution in [2.24, 2.45) is 0 Å². The smallest absolute Gasteiger partial charge is 0.266 e. The van der Waals surface area contributed by atoms with E-state index in [0.717, 1.165) is 17.0 Å². The number of nitrogens with zero attached hydrogens (tertiary/aromatic N) is 1. The van der Waals surface area contributed by atoms with Crippen molar-refractivity contribution in [2.45, 2.75) is 18.9 Å². The second kappa shape index (κ2) is 6.93. The monoisotopic (exact) mass is 395 g/mol. The Morgan fingerprint density at radius 2 is 1.69 bits per heavy atom. The Morgan fingerprint density at radius 1 is 1.00 bits per heavy atom. The van der Waals surface area contributed by atoms with Gasteiger partial charge in [-0.05, 0) is 48.9 Å². The Morgan fingerprint density at radius 3 is 2.38 bits per heavy atom. The van der Waals surface area contributed by atoms with Crippen LogP contribution in [0.5, 0.6) is 0 Å². The molecule has 0 saturated carbocycles. The van der Waals surface area contributed by atoms with E-state index in [4.69, 9.17) is 0 Å². The van der Waals surface area contributed by atoms with E-state index in [2.05, 4.69) is 10.6 Å². The minimum absolute atomic E-state index is 0.0373. The molecular formula is C20H14FN3O5. The van der Waals surface area contributed by atoms with Crippen LogP contribution in [-0.2, 0) is 9.59 Å². The molecule has 5 amide bonds. The summed E-state index contributed by atoms with van der Waals surface area (Å²) in [6.45, 7) is 0. The van der Waals surface area contributed by atoms with Crippen molar-refractivity contribution in [3.63, 3.8) is 0 Å². The van der Waals surface area contributed by atoms with Crippen LogP contribution < -0.4 is 15.5 Å². The molecule has 1 unspecified atom stereocenters. The molecule has 9 heteroatoms. The van der Waals surface area contributed by atoms with Gasteiger partial charge in [0.1, 0.15) is 11.9 Å². The van der Waals surface area contributed by atoms with Crippen LogP contribution in [0, 0.1) is 5.82 Å². The van der Waals surface area contributed by atoms with Crippen LogP contribution in [-0.4, -0.2) is 35.6 Å². The quantitative estimate of drug-likeness (QED) is 0.758.